The molecule has 0 fully saturated rings. The van der Waals surface area contributed by atoms with E-state index in [0.717, 1.165) is 5.46 Å². The molecule has 2 N–H and O–H groups in total. The Labute approximate surface area is 60.3 Å². The van der Waals surface area contributed by atoms with Gasteiger partial charge in [0, 0.05) is 0 Å². The van der Waals surface area contributed by atoms with Crippen LogP contribution in [0.1, 0.15) is 0 Å². The molecule has 1 radical (unpaired) electrons. The number of nitrogen functional groups attached to an aromatic ring is 1. The Morgan fingerprint density at radius 2 is 2.20 bits per heavy atom. The van der Waals surface area contributed by atoms with Crippen LogP contribution < -0.4 is 11.2 Å². The largest absolute Gasteiger partial charge is 0.396 e. The van der Waals surface area contributed by atoms with Crippen LogP contribution in [-0.4, -0.2) is 7.28 Å². The Morgan fingerprint density at radius 1 is 1.50 bits per heavy atom. The van der Waals surface area contributed by atoms with Gasteiger partial charge in [0.15, 0.2) is 0 Å². The van der Waals surface area contributed by atoms with Crippen LogP contribution in [0.15, 0.2) is 18.2 Å². The average Bonchev–Trinajstić information content (AvgIpc) is 1.95. The third kappa shape index (κ3) is 1.29. The Morgan fingerprint density at radius 3 is 2.70 bits per heavy atom. The average molecular weight is 136 g/mol. The summed E-state index contributed by atoms with van der Waals surface area (Å²) in [5.41, 5.74) is 6.45. The Bertz CT molecular complexity index is 237. The molecule has 0 unspecified atom stereocenters. The number of nitrogens with two attached hydrogens (primary N) is 1. The first kappa shape index (κ1) is 7.13. The van der Waals surface area contributed by atoms with Crippen LogP contribution in [0, 0.1) is 5.82 Å². The monoisotopic (exact) mass is 136 g/mol. The second-order valence-electron chi connectivity index (χ2n) is 2.07. The van der Waals surface area contributed by atoms with E-state index in [9.17, 15) is 4.39 Å². The van der Waals surface area contributed by atoms with Gasteiger partial charge < -0.3 is 5.73 Å². The molecular formula is C7H8BFN. The van der Waals surface area contributed by atoms with Gasteiger partial charge in [-0.05, 0) is 12.1 Å². The van der Waals surface area contributed by atoms with Crippen LogP contribution in [0.25, 0.3) is 0 Å². The SMILES string of the molecule is C[B]c1ccc(F)c(N)c1. The summed E-state index contributed by atoms with van der Waals surface area (Å²) < 4.78 is 12.5. The molecule has 0 heterocycles. The summed E-state index contributed by atoms with van der Waals surface area (Å²) in [6.45, 7) is 1.88. The zero-order valence-electron chi connectivity index (χ0n) is 5.76. The molecule has 0 saturated carbocycles. The van der Waals surface area contributed by atoms with Gasteiger partial charge in [0.05, 0.1) is 5.69 Å². The van der Waals surface area contributed by atoms with E-state index in [2.05, 4.69) is 0 Å². The van der Waals surface area contributed by atoms with Crippen LogP contribution in [0.5, 0.6) is 0 Å². The molecule has 0 aliphatic rings. The molecule has 1 aromatic carbocycles. The van der Waals surface area contributed by atoms with Gasteiger partial charge in [-0.25, -0.2) is 4.39 Å². The highest BCUT2D eigenvalue weighted by atomic mass is 19.1. The Hall–Kier alpha value is -0.985. The highest BCUT2D eigenvalue weighted by Crippen LogP contribution is 2.04. The molecule has 0 saturated heterocycles. The molecule has 51 valence electrons. The molecule has 0 aliphatic heterocycles. The minimum atomic E-state index is -0.356. The molecule has 10 heavy (non-hydrogen) atoms. The molecule has 0 bridgehead atoms. The van der Waals surface area contributed by atoms with Gasteiger partial charge in [0.25, 0.3) is 0 Å². The molecule has 0 aromatic heterocycles. The summed E-state index contributed by atoms with van der Waals surface area (Å²) in [5.74, 6) is -0.356. The fourth-order valence-corrected chi connectivity index (χ4v) is 0.742. The fraction of sp³-hybridized carbons (Fsp3) is 0.143. The summed E-state index contributed by atoms with van der Waals surface area (Å²) in [6, 6.07) is 4.66. The van der Waals surface area contributed by atoms with Crippen LogP contribution >= 0.6 is 0 Å². The first-order valence-corrected chi connectivity index (χ1v) is 3.08. The van der Waals surface area contributed by atoms with Crippen LogP contribution in [-0.2, 0) is 0 Å². The maximum absolute atomic E-state index is 12.5. The maximum Gasteiger partial charge on any atom is 0.148 e. The lowest BCUT2D eigenvalue weighted by Gasteiger charge is -1.97. The molecule has 0 spiro atoms. The lowest BCUT2D eigenvalue weighted by Crippen LogP contribution is -2.11. The fourth-order valence-electron chi connectivity index (χ4n) is 0.742. The van der Waals surface area contributed by atoms with Crippen molar-refractivity contribution in [1.29, 1.82) is 0 Å². The molecule has 1 rings (SSSR count). The van der Waals surface area contributed by atoms with E-state index in [0.29, 0.717) is 0 Å². The van der Waals surface area contributed by atoms with Crippen molar-refractivity contribution in [3.63, 3.8) is 0 Å². The lowest BCUT2D eigenvalue weighted by molar-refractivity contribution is 0.633. The molecular weight excluding hydrogens is 128 g/mol. The van der Waals surface area contributed by atoms with E-state index in [1.807, 2.05) is 14.1 Å². The molecule has 0 amide bonds. The summed E-state index contributed by atoms with van der Waals surface area (Å²) in [6.07, 6.45) is 0. The van der Waals surface area contributed by atoms with Crippen LogP contribution in [0.4, 0.5) is 10.1 Å². The lowest BCUT2D eigenvalue weighted by atomic mass is 9.73. The zero-order chi connectivity index (χ0) is 7.56. The van der Waals surface area contributed by atoms with Gasteiger partial charge in [-0.1, -0.05) is 18.4 Å². The van der Waals surface area contributed by atoms with Crippen molar-refractivity contribution < 1.29 is 4.39 Å². The molecule has 0 aliphatic carbocycles. The smallest absolute Gasteiger partial charge is 0.148 e. The molecule has 1 nitrogen and oxygen atoms in total. The second kappa shape index (κ2) is 2.73. The van der Waals surface area contributed by atoms with E-state index in [1.165, 1.54) is 6.07 Å². The summed E-state index contributed by atoms with van der Waals surface area (Å²) in [5, 5.41) is 0. The number of hydrogen-bond acceptors (Lipinski definition) is 1. The minimum Gasteiger partial charge on any atom is -0.396 e. The maximum atomic E-state index is 12.5. The Kier molecular flexibility index (Phi) is 1.95. The third-order valence-electron chi connectivity index (χ3n) is 1.35. The number of halogens is 1. The quantitative estimate of drug-likeness (QED) is 0.448. The van der Waals surface area contributed by atoms with Crippen molar-refractivity contribution in [1.82, 2.24) is 0 Å². The molecule has 1 aromatic rings. The van der Waals surface area contributed by atoms with E-state index in [1.54, 1.807) is 12.1 Å². The summed E-state index contributed by atoms with van der Waals surface area (Å²) in [7, 11) is 1.87. The number of hydrogen-bond donors (Lipinski definition) is 1. The topological polar surface area (TPSA) is 26.0 Å². The van der Waals surface area contributed by atoms with Crippen LogP contribution in [0.2, 0.25) is 6.82 Å². The van der Waals surface area contributed by atoms with Gasteiger partial charge in [0.2, 0.25) is 0 Å². The van der Waals surface area contributed by atoms with Gasteiger partial charge in [-0.15, -0.1) is 0 Å². The van der Waals surface area contributed by atoms with Crippen molar-refractivity contribution in [2.75, 3.05) is 5.73 Å². The second-order valence-corrected chi connectivity index (χ2v) is 2.07. The first-order chi connectivity index (χ1) is 4.74. The van der Waals surface area contributed by atoms with E-state index < -0.39 is 0 Å². The van der Waals surface area contributed by atoms with Crippen molar-refractivity contribution in [3.05, 3.63) is 24.0 Å². The summed E-state index contributed by atoms with van der Waals surface area (Å²) >= 11 is 0. The standard InChI is InChI=1S/C7H8BFN/c1-8-5-2-3-6(9)7(10)4-5/h2-4H,10H2,1H3. The zero-order valence-corrected chi connectivity index (χ0v) is 5.76. The third-order valence-corrected chi connectivity index (χ3v) is 1.35. The first-order valence-electron chi connectivity index (χ1n) is 3.08. The summed E-state index contributed by atoms with van der Waals surface area (Å²) in [4.78, 5) is 0. The predicted molar refractivity (Wildman–Crippen MR) is 42.1 cm³/mol. The Balaban J connectivity index is 3.04. The number of benzene rings is 1. The van der Waals surface area contributed by atoms with Crippen LogP contribution in [0.3, 0.4) is 0 Å². The number of rotatable bonds is 1. The van der Waals surface area contributed by atoms with E-state index >= 15 is 0 Å². The van der Waals surface area contributed by atoms with Crippen molar-refractivity contribution >= 4 is 18.4 Å². The van der Waals surface area contributed by atoms with Gasteiger partial charge in [0.1, 0.15) is 13.1 Å². The van der Waals surface area contributed by atoms with Gasteiger partial charge in [-0.2, -0.15) is 0 Å². The molecule has 0 atom stereocenters. The van der Waals surface area contributed by atoms with Crippen molar-refractivity contribution in [2.45, 2.75) is 6.82 Å². The van der Waals surface area contributed by atoms with Crippen molar-refractivity contribution in [2.24, 2.45) is 0 Å². The highest BCUT2D eigenvalue weighted by molar-refractivity contribution is 6.52. The van der Waals surface area contributed by atoms with Gasteiger partial charge >= 0.3 is 0 Å². The van der Waals surface area contributed by atoms with E-state index in [4.69, 9.17) is 5.73 Å². The van der Waals surface area contributed by atoms with E-state index in [-0.39, 0.29) is 11.5 Å². The minimum absolute atomic E-state index is 0.204. The number of anilines is 1. The molecule has 3 heteroatoms. The highest BCUT2D eigenvalue weighted by Gasteiger charge is 1.96. The van der Waals surface area contributed by atoms with Crippen molar-refractivity contribution in [3.8, 4) is 0 Å². The van der Waals surface area contributed by atoms with Gasteiger partial charge in [-0.3, -0.25) is 0 Å². The predicted octanol–water partition coefficient (Wildman–Crippen LogP) is 0.786. The normalized spacial score (nSPS) is 9.40.